The van der Waals surface area contributed by atoms with Gasteiger partial charge in [0.1, 0.15) is 6.04 Å². The van der Waals surface area contributed by atoms with Crippen molar-refractivity contribution in [2.75, 3.05) is 13.6 Å². The van der Waals surface area contributed by atoms with Crippen molar-refractivity contribution < 1.29 is 9.59 Å². The van der Waals surface area contributed by atoms with Crippen molar-refractivity contribution in [2.24, 2.45) is 5.41 Å². The number of amides is 2. The van der Waals surface area contributed by atoms with Crippen LogP contribution in [0.25, 0.3) is 10.4 Å². The molecule has 2 N–H and O–H groups in total. The largest absolute Gasteiger partial charge is 0.350 e. The fraction of sp³-hybridized carbons (Fsp3) is 0.522. The van der Waals surface area contributed by atoms with Gasteiger partial charge in [-0.15, -0.1) is 11.3 Å². The number of rotatable bonds is 6. The number of benzene rings is 1. The highest BCUT2D eigenvalue weighted by molar-refractivity contribution is 7.13. The molecular weight excluding hydrogens is 396 g/mol. The number of hydrogen-bond donors (Lipinski definition) is 2. The second-order valence-electron chi connectivity index (χ2n) is 8.96. The minimum absolute atomic E-state index is 0.00642. The number of aryl methyl sites for hydroxylation is 1. The van der Waals surface area contributed by atoms with E-state index < -0.39 is 6.04 Å². The second-order valence-corrected chi connectivity index (χ2v) is 9.81. The molecule has 1 fully saturated rings. The zero-order chi connectivity index (χ0) is 21.9. The lowest BCUT2D eigenvalue weighted by Gasteiger charge is -2.34. The highest BCUT2D eigenvalue weighted by Crippen LogP contribution is 2.28. The van der Waals surface area contributed by atoms with E-state index >= 15 is 0 Å². The van der Waals surface area contributed by atoms with Crippen LogP contribution in [0.3, 0.4) is 0 Å². The van der Waals surface area contributed by atoms with E-state index in [9.17, 15) is 9.59 Å². The van der Waals surface area contributed by atoms with E-state index in [1.54, 1.807) is 23.3 Å². The molecule has 0 bridgehead atoms. The second kappa shape index (κ2) is 9.27. The number of aromatic nitrogens is 1. The molecule has 162 valence electrons. The number of hydrogen-bond acceptors (Lipinski definition) is 5. The van der Waals surface area contributed by atoms with E-state index in [0.29, 0.717) is 19.5 Å². The van der Waals surface area contributed by atoms with Crippen LogP contribution < -0.4 is 10.6 Å². The predicted octanol–water partition coefficient (Wildman–Crippen LogP) is 3.36. The molecule has 2 aromatic rings. The van der Waals surface area contributed by atoms with Crippen molar-refractivity contribution in [2.45, 2.75) is 59.2 Å². The Morgan fingerprint density at radius 1 is 1.27 bits per heavy atom. The highest BCUT2D eigenvalue weighted by atomic mass is 32.1. The summed E-state index contributed by atoms with van der Waals surface area (Å²) in [6.45, 7) is 9.20. The standard InChI is InChI=1S/C23H32N4O2S/c1-15-19(30-14-26-15)17-10-8-16(9-11-17)13-25-21(28)18-7-6-12-27(18)22(29)20(24-5)23(2,3)4/h8-11,14,18,20,24H,6-7,12-13H2,1-5H3,(H,25,28)/t18-,20+/m0/s1. The zero-order valence-electron chi connectivity index (χ0n) is 18.5. The molecule has 1 aliphatic heterocycles. The van der Waals surface area contributed by atoms with Gasteiger partial charge in [-0.1, -0.05) is 45.0 Å². The number of thiazole rings is 1. The number of nitrogens with one attached hydrogen (secondary N) is 2. The van der Waals surface area contributed by atoms with Crippen molar-refractivity contribution in [1.29, 1.82) is 0 Å². The molecule has 7 heteroatoms. The first-order valence-electron chi connectivity index (χ1n) is 10.5. The summed E-state index contributed by atoms with van der Waals surface area (Å²) in [6, 6.07) is 7.48. The highest BCUT2D eigenvalue weighted by Gasteiger charge is 2.40. The van der Waals surface area contributed by atoms with E-state index in [1.807, 2.05) is 45.3 Å². The van der Waals surface area contributed by atoms with Gasteiger partial charge in [-0.3, -0.25) is 9.59 Å². The first-order valence-corrected chi connectivity index (χ1v) is 11.3. The fourth-order valence-electron chi connectivity index (χ4n) is 4.06. The number of carbonyl (C=O) groups is 2. The first kappa shape index (κ1) is 22.4. The molecule has 0 spiro atoms. The van der Waals surface area contributed by atoms with Crippen LogP contribution in [-0.4, -0.2) is 47.4 Å². The quantitative estimate of drug-likeness (QED) is 0.740. The Bertz CT molecular complexity index is 885. The van der Waals surface area contributed by atoms with Gasteiger partial charge in [0, 0.05) is 13.1 Å². The Morgan fingerprint density at radius 3 is 2.53 bits per heavy atom. The molecule has 1 aromatic carbocycles. The van der Waals surface area contributed by atoms with Gasteiger partial charge >= 0.3 is 0 Å². The third-order valence-electron chi connectivity index (χ3n) is 5.67. The smallest absolute Gasteiger partial charge is 0.243 e. The van der Waals surface area contributed by atoms with Crippen LogP contribution in [0, 0.1) is 12.3 Å². The van der Waals surface area contributed by atoms with Crippen LogP contribution >= 0.6 is 11.3 Å². The summed E-state index contributed by atoms with van der Waals surface area (Å²) >= 11 is 1.63. The minimum Gasteiger partial charge on any atom is -0.350 e. The molecule has 0 saturated carbocycles. The lowest BCUT2D eigenvalue weighted by atomic mass is 9.86. The van der Waals surface area contributed by atoms with E-state index in [4.69, 9.17) is 0 Å². The van der Waals surface area contributed by atoms with Crippen molar-refractivity contribution in [1.82, 2.24) is 20.5 Å². The van der Waals surface area contributed by atoms with Gasteiger partial charge in [0.25, 0.3) is 0 Å². The van der Waals surface area contributed by atoms with Gasteiger partial charge in [-0.05, 0) is 43.4 Å². The Hall–Kier alpha value is -2.25. The summed E-state index contributed by atoms with van der Waals surface area (Å²) in [5, 5.41) is 6.15. The van der Waals surface area contributed by atoms with Gasteiger partial charge in [-0.2, -0.15) is 0 Å². The van der Waals surface area contributed by atoms with Crippen molar-refractivity contribution in [3.63, 3.8) is 0 Å². The average Bonchev–Trinajstić information content (AvgIpc) is 3.35. The third kappa shape index (κ3) is 4.90. The van der Waals surface area contributed by atoms with Crippen LogP contribution in [-0.2, 0) is 16.1 Å². The molecule has 2 atom stereocenters. The zero-order valence-corrected chi connectivity index (χ0v) is 19.3. The SMILES string of the molecule is CN[C@H](C(=O)N1CCC[C@H]1C(=O)NCc1ccc(-c2scnc2C)cc1)C(C)(C)C. The molecule has 0 aliphatic carbocycles. The molecule has 1 saturated heterocycles. The monoisotopic (exact) mass is 428 g/mol. The fourth-order valence-corrected chi connectivity index (χ4v) is 4.87. The first-order chi connectivity index (χ1) is 14.2. The van der Waals surface area contributed by atoms with E-state index in [-0.39, 0.29) is 23.3 Å². The van der Waals surface area contributed by atoms with Crippen LogP contribution in [0.1, 0.15) is 44.9 Å². The number of nitrogens with zero attached hydrogens (tertiary/aromatic N) is 2. The summed E-state index contributed by atoms with van der Waals surface area (Å²) in [5.74, 6) is -0.0704. The topological polar surface area (TPSA) is 74.3 Å². The molecule has 2 amide bonds. The van der Waals surface area contributed by atoms with Crippen molar-refractivity contribution >= 4 is 23.2 Å². The molecule has 3 rings (SSSR count). The summed E-state index contributed by atoms with van der Waals surface area (Å²) in [7, 11) is 1.80. The van der Waals surface area contributed by atoms with Crippen molar-refractivity contribution in [3.8, 4) is 10.4 Å². The van der Waals surface area contributed by atoms with Gasteiger partial charge in [0.2, 0.25) is 11.8 Å². The summed E-state index contributed by atoms with van der Waals surface area (Å²) in [4.78, 5) is 33.1. The lowest BCUT2D eigenvalue weighted by Crippen LogP contribution is -2.55. The maximum absolute atomic E-state index is 13.1. The molecule has 1 aromatic heterocycles. The van der Waals surface area contributed by atoms with Gasteiger partial charge in [-0.25, -0.2) is 4.98 Å². The number of likely N-dealkylation sites (N-methyl/N-ethyl adjacent to an activating group) is 1. The molecule has 6 nitrogen and oxygen atoms in total. The van der Waals surface area contributed by atoms with Gasteiger partial charge in [0.15, 0.2) is 0 Å². The summed E-state index contributed by atoms with van der Waals surface area (Å²) < 4.78 is 0. The summed E-state index contributed by atoms with van der Waals surface area (Å²) in [5.41, 5.74) is 4.84. The minimum atomic E-state index is -0.394. The van der Waals surface area contributed by atoms with Crippen LogP contribution in [0.5, 0.6) is 0 Å². The lowest BCUT2D eigenvalue weighted by molar-refractivity contribution is -0.142. The van der Waals surface area contributed by atoms with Gasteiger partial charge < -0.3 is 15.5 Å². The predicted molar refractivity (Wildman–Crippen MR) is 121 cm³/mol. The third-order valence-corrected chi connectivity index (χ3v) is 6.65. The van der Waals surface area contributed by atoms with E-state index in [0.717, 1.165) is 23.2 Å². The number of carbonyl (C=O) groups excluding carboxylic acids is 2. The Labute approximate surface area is 183 Å². The molecule has 30 heavy (non-hydrogen) atoms. The van der Waals surface area contributed by atoms with E-state index in [2.05, 4.69) is 27.8 Å². The Balaban J connectivity index is 1.61. The Morgan fingerprint density at radius 2 is 1.97 bits per heavy atom. The maximum atomic E-state index is 13.1. The molecular formula is C23H32N4O2S. The van der Waals surface area contributed by atoms with E-state index in [1.165, 1.54) is 4.88 Å². The molecule has 0 radical (unpaired) electrons. The Kier molecular flexibility index (Phi) is 6.93. The molecule has 2 heterocycles. The van der Waals surface area contributed by atoms with Crippen LogP contribution in [0.4, 0.5) is 0 Å². The molecule has 0 unspecified atom stereocenters. The number of likely N-dealkylation sites (tertiary alicyclic amines) is 1. The van der Waals surface area contributed by atoms with Crippen molar-refractivity contribution in [3.05, 3.63) is 41.0 Å². The van der Waals surface area contributed by atoms with Crippen LogP contribution in [0.15, 0.2) is 29.8 Å². The summed E-state index contributed by atoms with van der Waals surface area (Å²) in [6.07, 6.45) is 1.56. The van der Waals surface area contributed by atoms with Crippen LogP contribution in [0.2, 0.25) is 0 Å². The maximum Gasteiger partial charge on any atom is 0.243 e. The molecule has 1 aliphatic rings. The van der Waals surface area contributed by atoms with Gasteiger partial charge in [0.05, 0.1) is 22.1 Å². The average molecular weight is 429 g/mol. The normalized spacial score (nSPS) is 17.8.